The van der Waals surface area contributed by atoms with Crippen molar-refractivity contribution in [1.82, 2.24) is 4.98 Å². The molecule has 0 amide bonds. The van der Waals surface area contributed by atoms with Crippen molar-refractivity contribution >= 4 is 29.2 Å². The fraction of sp³-hybridized carbons (Fsp3) is 0.111. The number of aromatic amines is 1. The third-order valence-electron chi connectivity index (χ3n) is 1.86. The zero-order valence-corrected chi connectivity index (χ0v) is 8.05. The molecule has 1 N–H and O–H groups in total. The Bertz CT molecular complexity index is 459. The highest BCUT2D eigenvalue weighted by atomic mass is 32.1. The Balaban J connectivity index is 2.78. The highest BCUT2D eigenvalue weighted by Crippen LogP contribution is 2.32. The summed E-state index contributed by atoms with van der Waals surface area (Å²) in [4.78, 5) is 3.12. The Kier molecular flexibility index (Phi) is 2.06. The van der Waals surface area contributed by atoms with Crippen molar-refractivity contribution in [2.45, 2.75) is 5.03 Å². The molecule has 0 radical (unpaired) electrons. The molecule has 2 rings (SSSR count). The predicted octanol–water partition coefficient (Wildman–Crippen LogP) is 3.17. The zero-order chi connectivity index (χ0) is 9.26. The van der Waals surface area contributed by atoms with Crippen LogP contribution >= 0.6 is 12.6 Å². The van der Waals surface area contributed by atoms with Gasteiger partial charge in [-0.1, -0.05) is 18.2 Å². The van der Waals surface area contributed by atoms with Gasteiger partial charge in [0.25, 0.3) is 0 Å². The van der Waals surface area contributed by atoms with Crippen molar-refractivity contribution in [3.05, 3.63) is 24.3 Å². The van der Waals surface area contributed by atoms with E-state index in [1.807, 2.05) is 24.3 Å². The Morgan fingerprint density at radius 1 is 1.31 bits per heavy atom. The number of rotatable bonds is 1. The molecule has 0 saturated heterocycles. The SMILES string of the molecule is CN=Nc1c(S)[nH]c2ccccc12. The van der Waals surface area contributed by atoms with Crippen LogP contribution in [0.2, 0.25) is 0 Å². The number of nitrogens with one attached hydrogen (secondary N) is 1. The van der Waals surface area contributed by atoms with Gasteiger partial charge in [0.2, 0.25) is 0 Å². The van der Waals surface area contributed by atoms with Crippen LogP contribution < -0.4 is 0 Å². The van der Waals surface area contributed by atoms with E-state index in [4.69, 9.17) is 0 Å². The number of hydrogen-bond donors (Lipinski definition) is 2. The van der Waals surface area contributed by atoms with Crippen molar-refractivity contribution in [3.63, 3.8) is 0 Å². The van der Waals surface area contributed by atoms with Gasteiger partial charge in [-0.05, 0) is 6.07 Å². The van der Waals surface area contributed by atoms with Gasteiger partial charge in [-0.15, -0.1) is 12.6 Å². The highest BCUT2D eigenvalue weighted by molar-refractivity contribution is 7.80. The molecule has 4 heteroatoms. The number of para-hydroxylation sites is 1. The number of fused-ring (bicyclic) bond motifs is 1. The Morgan fingerprint density at radius 2 is 2.08 bits per heavy atom. The van der Waals surface area contributed by atoms with E-state index in [2.05, 4.69) is 27.8 Å². The summed E-state index contributed by atoms with van der Waals surface area (Å²) in [6, 6.07) is 7.93. The molecule has 0 aliphatic carbocycles. The fourth-order valence-corrected chi connectivity index (χ4v) is 1.60. The minimum atomic E-state index is 0.756. The van der Waals surface area contributed by atoms with Crippen LogP contribution in [0.25, 0.3) is 10.9 Å². The van der Waals surface area contributed by atoms with Crippen molar-refractivity contribution in [2.75, 3.05) is 7.05 Å². The molecule has 1 aromatic carbocycles. The van der Waals surface area contributed by atoms with Crippen LogP contribution in [0.15, 0.2) is 39.5 Å². The van der Waals surface area contributed by atoms with Crippen LogP contribution in [0.5, 0.6) is 0 Å². The van der Waals surface area contributed by atoms with E-state index in [1.165, 1.54) is 0 Å². The molecular formula is C9H9N3S. The summed E-state index contributed by atoms with van der Waals surface area (Å²) in [6.07, 6.45) is 0. The summed E-state index contributed by atoms with van der Waals surface area (Å²) in [5, 5.41) is 9.57. The predicted molar refractivity (Wildman–Crippen MR) is 56.0 cm³/mol. The zero-order valence-electron chi connectivity index (χ0n) is 7.15. The van der Waals surface area contributed by atoms with Gasteiger partial charge in [0.1, 0.15) is 5.69 Å². The molecule has 2 aromatic rings. The third kappa shape index (κ3) is 1.33. The number of hydrogen-bond acceptors (Lipinski definition) is 3. The first-order valence-corrected chi connectivity index (χ1v) is 4.37. The molecule has 13 heavy (non-hydrogen) atoms. The average molecular weight is 191 g/mol. The summed E-state index contributed by atoms with van der Waals surface area (Å²) in [7, 11) is 1.65. The number of thiol groups is 1. The second-order valence-electron chi connectivity index (χ2n) is 2.67. The molecular weight excluding hydrogens is 182 g/mol. The Hall–Kier alpha value is -1.29. The first-order valence-electron chi connectivity index (χ1n) is 3.92. The molecule has 0 unspecified atom stereocenters. The van der Waals surface area contributed by atoms with Gasteiger partial charge in [0.15, 0.2) is 0 Å². The molecule has 0 atom stereocenters. The normalized spacial score (nSPS) is 11.5. The van der Waals surface area contributed by atoms with E-state index in [1.54, 1.807) is 7.05 Å². The Labute approximate surface area is 81.3 Å². The van der Waals surface area contributed by atoms with Gasteiger partial charge >= 0.3 is 0 Å². The molecule has 0 saturated carbocycles. The molecule has 0 bridgehead atoms. The lowest BCUT2D eigenvalue weighted by molar-refractivity contribution is 1.13. The fourth-order valence-electron chi connectivity index (χ4n) is 1.31. The molecule has 3 nitrogen and oxygen atoms in total. The van der Waals surface area contributed by atoms with E-state index in [9.17, 15) is 0 Å². The van der Waals surface area contributed by atoms with Crippen molar-refractivity contribution < 1.29 is 0 Å². The van der Waals surface area contributed by atoms with Gasteiger partial charge < -0.3 is 4.98 Å². The maximum Gasteiger partial charge on any atom is 0.124 e. The van der Waals surface area contributed by atoms with Gasteiger partial charge in [-0.25, -0.2) is 0 Å². The molecule has 0 fully saturated rings. The molecule has 66 valence electrons. The van der Waals surface area contributed by atoms with Crippen molar-refractivity contribution in [2.24, 2.45) is 10.2 Å². The largest absolute Gasteiger partial charge is 0.348 e. The Morgan fingerprint density at radius 3 is 2.85 bits per heavy atom. The second kappa shape index (κ2) is 3.22. The number of aromatic nitrogens is 1. The van der Waals surface area contributed by atoms with E-state index in [0.717, 1.165) is 21.6 Å². The van der Waals surface area contributed by atoms with E-state index >= 15 is 0 Å². The highest BCUT2D eigenvalue weighted by Gasteiger charge is 2.06. The molecule has 0 aliphatic rings. The van der Waals surface area contributed by atoms with Crippen LogP contribution in [-0.4, -0.2) is 12.0 Å². The van der Waals surface area contributed by atoms with E-state index < -0.39 is 0 Å². The van der Waals surface area contributed by atoms with Crippen LogP contribution in [0.3, 0.4) is 0 Å². The van der Waals surface area contributed by atoms with E-state index in [-0.39, 0.29) is 0 Å². The summed E-state index contributed by atoms with van der Waals surface area (Å²) >= 11 is 4.28. The number of azo groups is 1. The molecule has 1 heterocycles. The maximum absolute atomic E-state index is 4.28. The minimum absolute atomic E-state index is 0.756. The number of benzene rings is 1. The van der Waals surface area contributed by atoms with Crippen LogP contribution in [0.4, 0.5) is 5.69 Å². The van der Waals surface area contributed by atoms with Gasteiger partial charge in [-0.3, -0.25) is 0 Å². The summed E-state index contributed by atoms with van der Waals surface area (Å²) < 4.78 is 0. The van der Waals surface area contributed by atoms with E-state index in [0.29, 0.717) is 0 Å². The quantitative estimate of drug-likeness (QED) is 0.513. The molecule has 0 aliphatic heterocycles. The first-order chi connectivity index (χ1) is 6.33. The van der Waals surface area contributed by atoms with Crippen LogP contribution in [0.1, 0.15) is 0 Å². The van der Waals surface area contributed by atoms with Crippen LogP contribution in [0, 0.1) is 0 Å². The second-order valence-corrected chi connectivity index (χ2v) is 3.12. The topological polar surface area (TPSA) is 40.5 Å². The number of H-pyrrole nitrogens is 1. The summed E-state index contributed by atoms with van der Waals surface area (Å²) in [5.74, 6) is 0. The van der Waals surface area contributed by atoms with Gasteiger partial charge in [-0.2, -0.15) is 10.2 Å². The summed E-state index contributed by atoms with van der Waals surface area (Å²) in [6.45, 7) is 0. The lowest BCUT2D eigenvalue weighted by Gasteiger charge is -1.88. The lowest BCUT2D eigenvalue weighted by atomic mass is 10.2. The molecule has 0 spiro atoms. The van der Waals surface area contributed by atoms with Crippen molar-refractivity contribution in [1.29, 1.82) is 0 Å². The third-order valence-corrected chi connectivity index (χ3v) is 2.18. The van der Waals surface area contributed by atoms with Gasteiger partial charge in [0, 0.05) is 18.0 Å². The smallest absolute Gasteiger partial charge is 0.124 e. The number of nitrogens with zero attached hydrogens (tertiary/aromatic N) is 2. The molecule has 1 aromatic heterocycles. The van der Waals surface area contributed by atoms with Crippen molar-refractivity contribution in [3.8, 4) is 0 Å². The summed E-state index contributed by atoms with van der Waals surface area (Å²) in [5.41, 5.74) is 1.84. The average Bonchev–Trinajstić information content (AvgIpc) is 2.44. The first kappa shape index (κ1) is 8.31. The van der Waals surface area contributed by atoms with Gasteiger partial charge in [0.05, 0.1) is 5.03 Å². The maximum atomic E-state index is 4.28. The lowest BCUT2D eigenvalue weighted by Crippen LogP contribution is -1.63. The minimum Gasteiger partial charge on any atom is -0.348 e. The monoisotopic (exact) mass is 191 g/mol. The van der Waals surface area contributed by atoms with Crippen LogP contribution in [-0.2, 0) is 0 Å². The standard InChI is InChI=1S/C9H9N3S/c1-10-12-8-6-4-2-3-5-7(6)11-9(8)13/h2-5,11,13H,1H3.